The number of hydrogen-bond donors (Lipinski definition) is 2. The van der Waals surface area contributed by atoms with E-state index in [1.807, 2.05) is 0 Å². The summed E-state index contributed by atoms with van der Waals surface area (Å²) in [4.78, 5) is 10.9. The Balaban J connectivity index is 2.30. The molecule has 0 aromatic heterocycles. The van der Waals surface area contributed by atoms with Crippen LogP contribution < -0.4 is 5.32 Å². The van der Waals surface area contributed by atoms with Gasteiger partial charge in [-0.05, 0) is 24.6 Å². The van der Waals surface area contributed by atoms with Crippen LogP contribution in [0.5, 0.6) is 0 Å². The van der Waals surface area contributed by atoms with Gasteiger partial charge >= 0.3 is 5.97 Å². The van der Waals surface area contributed by atoms with Gasteiger partial charge in [-0.1, -0.05) is 18.2 Å². The third-order valence-corrected chi connectivity index (χ3v) is 2.79. The van der Waals surface area contributed by atoms with E-state index in [1.165, 1.54) is 6.07 Å². The fourth-order valence-corrected chi connectivity index (χ4v) is 2.07. The second kappa shape index (κ2) is 3.98. The minimum atomic E-state index is -0.916. The highest BCUT2D eigenvalue weighted by Gasteiger charge is 2.34. The van der Waals surface area contributed by atoms with Crippen molar-refractivity contribution in [1.29, 1.82) is 0 Å². The minimum Gasteiger partial charge on any atom is -0.480 e. The molecule has 0 saturated carbocycles. The van der Waals surface area contributed by atoms with E-state index in [-0.39, 0.29) is 11.7 Å². The molecule has 80 valence electrons. The average Bonchev–Trinajstić information content (AvgIpc) is 2.67. The summed E-state index contributed by atoms with van der Waals surface area (Å²) in [6.07, 6.45) is 0.665. The van der Waals surface area contributed by atoms with Crippen LogP contribution in [0, 0.1) is 5.82 Å². The fourth-order valence-electron chi connectivity index (χ4n) is 2.07. The first-order valence-electron chi connectivity index (χ1n) is 4.91. The molecule has 1 heterocycles. The number of halogens is 1. The molecule has 1 saturated heterocycles. The Labute approximate surface area is 86.9 Å². The largest absolute Gasteiger partial charge is 0.480 e. The van der Waals surface area contributed by atoms with Gasteiger partial charge in [0.15, 0.2) is 0 Å². The molecule has 2 rings (SSSR count). The Morgan fingerprint density at radius 2 is 2.20 bits per heavy atom. The van der Waals surface area contributed by atoms with Crippen molar-refractivity contribution < 1.29 is 14.3 Å². The smallest absolute Gasteiger partial charge is 0.321 e. The highest BCUT2D eigenvalue weighted by molar-refractivity contribution is 5.75. The Morgan fingerprint density at radius 1 is 1.47 bits per heavy atom. The summed E-state index contributed by atoms with van der Waals surface area (Å²) in [7, 11) is 0. The molecule has 1 aliphatic heterocycles. The summed E-state index contributed by atoms with van der Waals surface area (Å²) < 4.78 is 13.5. The summed E-state index contributed by atoms with van der Waals surface area (Å²) in [5.74, 6) is -1.50. The summed E-state index contributed by atoms with van der Waals surface area (Å²) in [5, 5.41) is 11.8. The van der Waals surface area contributed by atoms with Crippen LogP contribution in [-0.4, -0.2) is 23.7 Å². The Hall–Kier alpha value is -1.42. The fraction of sp³-hybridized carbons (Fsp3) is 0.364. The van der Waals surface area contributed by atoms with Crippen LogP contribution in [0.2, 0.25) is 0 Å². The first kappa shape index (κ1) is 10.1. The molecular weight excluding hydrogens is 197 g/mol. The van der Waals surface area contributed by atoms with Crippen LogP contribution in [0.4, 0.5) is 4.39 Å². The molecule has 0 spiro atoms. The molecule has 0 radical (unpaired) electrons. The van der Waals surface area contributed by atoms with E-state index in [9.17, 15) is 9.18 Å². The molecular formula is C11H12FNO2. The highest BCUT2D eigenvalue weighted by atomic mass is 19.1. The van der Waals surface area contributed by atoms with Crippen molar-refractivity contribution in [2.75, 3.05) is 6.54 Å². The molecule has 0 amide bonds. The third-order valence-electron chi connectivity index (χ3n) is 2.79. The maximum absolute atomic E-state index is 13.5. The third kappa shape index (κ3) is 1.85. The molecule has 0 bridgehead atoms. The quantitative estimate of drug-likeness (QED) is 0.773. The van der Waals surface area contributed by atoms with Gasteiger partial charge < -0.3 is 10.4 Å². The first-order chi connectivity index (χ1) is 7.20. The molecule has 1 aliphatic rings. The lowest BCUT2D eigenvalue weighted by Gasteiger charge is -2.16. The molecule has 3 nitrogen and oxygen atoms in total. The lowest BCUT2D eigenvalue weighted by molar-refractivity contribution is -0.139. The van der Waals surface area contributed by atoms with Crippen LogP contribution >= 0.6 is 0 Å². The molecule has 1 aromatic carbocycles. The number of carboxylic acid groups (broad SMARTS) is 1. The van der Waals surface area contributed by atoms with Gasteiger partial charge in [0.25, 0.3) is 0 Å². The van der Waals surface area contributed by atoms with Gasteiger partial charge in [-0.2, -0.15) is 0 Å². The monoisotopic (exact) mass is 209 g/mol. The molecule has 2 N–H and O–H groups in total. The number of carboxylic acids is 1. The number of aliphatic carboxylic acids is 1. The Bertz CT molecular complexity index is 381. The van der Waals surface area contributed by atoms with Gasteiger partial charge in [0.2, 0.25) is 0 Å². The van der Waals surface area contributed by atoms with Gasteiger partial charge in [0.05, 0.1) is 0 Å². The van der Waals surface area contributed by atoms with Crippen LogP contribution in [0.1, 0.15) is 17.9 Å². The summed E-state index contributed by atoms with van der Waals surface area (Å²) >= 11 is 0. The first-order valence-corrected chi connectivity index (χ1v) is 4.91. The highest BCUT2D eigenvalue weighted by Crippen LogP contribution is 2.29. The number of carbonyl (C=O) groups is 1. The zero-order valence-electron chi connectivity index (χ0n) is 8.11. The van der Waals surface area contributed by atoms with E-state index in [0.29, 0.717) is 18.5 Å². The second-order valence-electron chi connectivity index (χ2n) is 3.69. The van der Waals surface area contributed by atoms with E-state index in [4.69, 9.17) is 5.11 Å². The van der Waals surface area contributed by atoms with Crippen LogP contribution in [0.25, 0.3) is 0 Å². The molecule has 2 atom stereocenters. The standard InChI is InChI=1S/C11H12FNO2/c12-9-4-2-1-3-7(9)8-5-6-13-10(8)11(14)15/h1-4,8,10,13H,5-6H2,(H,14,15). The second-order valence-corrected chi connectivity index (χ2v) is 3.69. The number of hydrogen-bond acceptors (Lipinski definition) is 2. The molecule has 4 heteroatoms. The lowest BCUT2D eigenvalue weighted by Crippen LogP contribution is -2.34. The summed E-state index contributed by atoms with van der Waals surface area (Å²) in [6.45, 7) is 0.621. The van der Waals surface area contributed by atoms with E-state index in [1.54, 1.807) is 18.2 Å². The predicted octanol–water partition coefficient (Wildman–Crippen LogP) is 1.36. The van der Waals surface area contributed by atoms with Crippen molar-refractivity contribution in [3.05, 3.63) is 35.6 Å². The van der Waals surface area contributed by atoms with Crippen molar-refractivity contribution in [2.45, 2.75) is 18.4 Å². The molecule has 2 unspecified atom stereocenters. The normalized spacial score (nSPS) is 25.4. The summed E-state index contributed by atoms with van der Waals surface area (Å²) in [6, 6.07) is 5.70. The van der Waals surface area contributed by atoms with Crippen LogP contribution in [0.15, 0.2) is 24.3 Å². The van der Waals surface area contributed by atoms with Crippen molar-refractivity contribution >= 4 is 5.97 Å². The molecule has 15 heavy (non-hydrogen) atoms. The number of benzene rings is 1. The van der Waals surface area contributed by atoms with E-state index in [0.717, 1.165) is 0 Å². The zero-order chi connectivity index (χ0) is 10.8. The average molecular weight is 209 g/mol. The van der Waals surface area contributed by atoms with Gasteiger partial charge in [-0.25, -0.2) is 4.39 Å². The SMILES string of the molecule is O=C(O)C1NCCC1c1ccccc1F. The Morgan fingerprint density at radius 3 is 2.87 bits per heavy atom. The van der Waals surface area contributed by atoms with E-state index < -0.39 is 12.0 Å². The van der Waals surface area contributed by atoms with Crippen LogP contribution in [0.3, 0.4) is 0 Å². The lowest BCUT2D eigenvalue weighted by atomic mass is 9.91. The minimum absolute atomic E-state index is 0.260. The summed E-state index contributed by atoms with van der Waals surface area (Å²) in [5.41, 5.74) is 0.495. The Kier molecular flexibility index (Phi) is 2.68. The van der Waals surface area contributed by atoms with Crippen molar-refractivity contribution in [2.24, 2.45) is 0 Å². The van der Waals surface area contributed by atoms with Crippen molar-refractivity contribution in [3.63, 3.8) is 0 Å². The maximum Gasteiger partial charge on any atom is 0.321 e. The van der Waals surface area contributed by atoms with Gasteiger partial charge in [0.1, 0.15) is 11.9 Å². The molecule has 0 aliphatic carbocycles. The number of rotatable bonds is 2. The van der Waals surface area contributed by atoms with Gasteiger partial charge in [-0.15, -0.1) is 0 Å². The van der Waals surface area contributed by atoms with Crippen LogP contribution in [-0.2, 0) is 4.79 Å². The zero-order valence-corrected chi connectivity index (χ0v) is 8.11. The van der Waals surface area contributed by atoms with Crippen molar-refractivity contribution in [3.8, 4) is 0 Å². The molecule has 1 fully saturated rings. The topological polar surface area (TPSA) is 49.3 Å². The number of nitrogens with one attached hydrogen (secondary N) is 1. The predicted molar refractivity (Wildman–Crippen MR) is 53.2 cm³/mol. The van der Waals surface area contributed by atoms with E-state index in [2.05, 4.69) is 5.32 Å². The van der Waals surface area contributed by atoms with E-state index >= 15 is 0 Å². The van der Waals surface area contributed by atoms with Crippen molar-refractivity contribution in [1.82, 2.24) is 5.32 Å². The molecule has 1 aromatic rings. The van der Waals surface area contributed by atoms with Gasteiger partial charge in [0, 0.05) is 5.92 Å². The maximum atomic E-state index is 13.5. The van der Waals surface area contributed by atoms with Gasteiger partial charge in [-0.3, -0.25) is 4.79 Å².